The standard InChI is InChI=1S/C20H28N2O2/c1-3-4-5-6-7-16-10-20(24-14-16)17-11-19(13-21-12-17)23-15-18-8-9-22(18)2/h10-14,18H,3-9,15H2,1-2H3/t18-/m0/s1. The number of pyridine rings is 1. The van der Waals surface area contributed by atoms with Gasteiger partial charge in [-0.1, -0.05) is 26.2 Å². The van der Waals surface area contributed by atoms with Gasteiger partial charge in [0.25, 0.3) is 0 Å². The number of hydrogen-bond acceptors (Lipinski definition) is 4. The van der Waals surface area contributed by atoms with Crippen LogP contribution >= 0.6 is 0 Å². The van der Waals surface area contributed by atoms with Crippen LogP contribution < -0.4 is 4.74 Å². The highest BCUT2D eigenvalue weighted by Gasteiger charge is 2.24. The SMILES string of the molecule is CCCCCCc1coc(-c2cncc(OC[C@@H]3CCN3C)c2)c1. The lowest BCUT2D eigenvalue weighted by atomic mass is 10.1. The number of likely N-dealkylation sites (tertiary alicyclic amines) is 1. The normalized spacial score (nSPS) is 17.7. The first-order chi connectivity index (χ1) is 11.8. The second kappa shape index (κ2) is 8.34. The molecule has 0 aliphatic carbocycles. The van der Waals surface area contributed by atoms with Gasteiger partial charge in [-0.3, -0.25) is 9.88 Å². The molecular weight excluding hydrogens is 300 g/mol. The molecule has 4 heteroatoms. The number of unbranched alkanes of at least 4 members (excludes halogenated alkanes) is 3. The van der Waals surface area contributed by atoms with Crippen molar-refractivity contribution in [1.29, 1.82) is 0 Å². The molecule has 1 atom stereocenters. The lowest BCUT2D eigenvalue weighted by Gasteiger charge is -2.37. The van der Waals surface area contributed by atoms with Crippen molar-refractivity contribution in [3.63, 3.8) is 0 Å². The lowest BCUT2D eigenvalue weighted by Crippen LogP contribution is -2.48. The summed E-state index contributed by atoms with van der Waals surface area (Å²) in [5.74, 6) is 1.69. The van der Waals surface area contributed by atoms with Gasteiger partial charge in [-0.25, -0.2) is 0 Å². The third-order valence-electron chi connectivity index (χ3n) is 4.85. The van der Waals surface area contributed by atoms with E-state index in [2.05, 4.69) is 29.9 Å². The molecule has 0 aromatic carbocycles. The molecular formula is C20H28N2O2. The Bertz CT molecular complexity index is 638. The van der Waals surface area contributed by atoms with Crippen LogP contribution in [0.1, 0.15) is 44.6 Å². The van der Waals surface area contributed by atoms with E-state index in [0.29, 0.717) is 6.04 Å². The highest BCUT2D eigenvalue weighted by Crippen LogP contribution is 2.26. The van der Waals surface area contributed by atoms with Gasteiger partial charge < -0.3 is 9.15 Å². The zero-order valence-electron chi connectivity index (χ0n) is 14.8. The monoisotopic (exact) mass is 328 g/mol. The third-order valence-corrected chi connectivity index (χ3v) is 4.85. The molecule has 0 bridgehead atoms. The quantitative estimate of drug-likeness (QED) is 0.633. The van der Waals surface area contributed by atoms with E-state index in [9.17, 15) is 0 Å². The van der Waals surface area contributed by atoms with E-state index in [-0.39, 0.29) is 0 Å². The number of aryl methyl sites for hydroxylation is 1. The lowest BCUT2D eigenvalue weighted by molar-refractivity contribution is 0.0767. The van der Waals surface area contributed by atoms with Crippen LogP contribution in [-0.2, 0) is 6.42 Å². The molecule has 0 radical (unpaired) electrons. The number of ether oxygens (including phenoxy) is 1. The Hall–Kier alpha value is -1.81. The van der Waals surface area contributed by atoms with Crippen molar-refractivity contribution >= 4 is 0 Å². The predicted molar refractivity (Wildman–Crippen MR) is 96.3 cm³/mol. The molecule has 1 aliphatic rings. The Labute approximate surface area is 144 Å². The van der Waals surface area contributed by atoms with E-state index in [1.165, 1.54) is 44.2 Å². The summed E-state index contributed by atoms with van der Waals surface area (Å²) in [6.07, 6.45) is 12.9. The van der Waals surface area contributed by atoms with E-state index in [4.69, 9.17) is 9.15 Å². The first kappa shape index (κ1) is 17.0. The number of furan rings is 1. The third kappa shape index (κ3) is 4.38. The van der Waals surface area contributed by atoms with Crippen molar-refractivity contribution in [1.82, 2.24) is 9.88 Å². The van der Waals surface area contributed by atoms with E-state index in [1.807, 2.05) is 18.5 Å². The summed E-state index contributed by atoms with van der Waals surface area (Å²) in [5, 5.41) is 0. The van der Waals surface area contributed by atoms with Crippen LogP contribution in [0.25, 0.3) is 11.3 Å². The summed E-state index contributed by atoms with van der Waals surface area (Å²) >= 11 is 0. The Morgan fingerprint density at radius 3 is 2.92 bits per heavy atom. The van der Waals surface area contributed by atoms with E-state index < -0.39 is 0 Å². The summed E-state index contributed by atoms with van der Waals surface area (Å²) in [7, 11) is 2.14. The van der Waals surface area contributed by atoms with Crippen molar-refractivity contribution in [2.24, 2.45) is 0 Å². The smallest absolute Gasteiger partial charge is 0.138 e. The average molecular weight is 328 g/mol. The summed E-state index contributed by atoms with van der Waals surface area (Å²) in [4.78, 5) is 6.61. The molecule has 2 aromatic rings. The molecule has 1 fully saturated rings. The molecule has 0 spiro atoms. The summed E-state index contributed by atoms with van der Waals surface area (Å²) < 4.78 is 11.6. The summed E-state index contributed by atoms with van der Waals surface area (Å²) in [5.41, 5.74) is 2.25. The van der Waals surface area contributed by atoms with Crippen molar-refractivity contribution in [3.05, 3.63) is 36.4 Å². The number of nitrogens with zero attached hydrogens (tertiary/aromatic N) is 2. The minimum atomic E-state index is 0.534. The van der Waals surface area contributed by atoms with Crippen LogP contribution in [0, 0.1) is 0 Å². The second-order valence-corrected chi connectivity index (χ2v) is 6.77. The number of hydrogen-bond donors (Lipinski definition) is 0. The maximum absolute atomic E-state index is 5.90. The average Bonchev–Trinajstić information content (AvgIpc) is 3.07. The zero-order chi connectivity index (χ0) is 16.8. The fraction of sp³-hybridized carbons (Fsp3) is 0.550. The minimum absolute atomic E-state index is 0.534. The highest BCUT2D eigenvalue weighted by molar-refractivity contribution is 5.58. The van der Waals surface area contributed by atoms with Gasteiger partial charge in [0, 0.05) is 17.8 Å². The van der Waals surface area contributed by atoms with Crippen LogP contribution in [0.3, 0.4) is 0 Å². The molecule has 3 rings (SSSR count). The van der Waals surface area contributed by atoms with Crippen molar-refractivity contribution < 1.29 is 9.15 Å². The molecule has 1 saturated heterocycles. The van der Waals surface area contributed by atoms with Gasteiger partial charge in [-0.2, -0.15) is 0 Å². The second-order valence-electron chi connectivity index (χ2n) is 6.77. The van der Waals surface area contributed by atoms with Crippen LogP contribution in [-0.4, -0.2) is 36.1 Å². The molecule has 24 heavy (non-hydrogen) atoms. The van der Waals surface area contributed by atoms with Crippen LogP contribution in [0.5, 0.6) is 5.75 Å². The van der Waals surface area contributed by atoms with Gasteiger partial charge in [0.15, 0.2) is 0 Å². The molecule has 0 unspecified atom stereocenters. The van der Waals surface area contributed by atoms with Crippen LogP contribution in [0.2, 0.25) is 0 Å². The van der Waals surface area contributed by atoms with Gasteiger partial charge in [-0.15, -0.1) is 0 Å². The predicted octanol–water partition coefficient (Wildman–Crippen LogP) is 4.55. The molecule has 0 amide bonds. The van der Waals surface area contributed by atoms with Crippen molar-refractivity contribution in [2.75, 3.05) is 20.2 Å². The first-order valence-corrected chi connectivity index (χ1v) is 9.12. The van der Waals surface area contributed by atoms with Crippen molar-refractivity contribution in [2.45, 2.75) is 51.5 Å². The van der Waals surface area contributed by atoms with E-state index >= 15 is 0 Å². The first-order valence-electron chi connectivity index (χ1n) is 9.12. The van der Waals surface area contributed by atoms with E-state index in [1.54, 1.807) is 6.20 Å². The molecule has 2 aromatic heterocycles. The topological polar surface area (TPSA) is 38.5 Å². The van der Waals surface area contributed by atoms with Crippen LogP contribution in [0.4, 0.5) is 0 Å². The molecule has 4 nitrogen and oxygen atoms in total. The summed E-state index contributed by atoms with van der Waals surface area (Å²) in [6, 6.07) is 4.68. The molecule has 0 saturated carbocycles. The zero-order valence-corrected chi connectivity index (χ0v) is 14.8. The minimum Gasteiger partial charge on any atom is -0.490 e. The molecule has 130 valence electrons. The maximum atomic E-state index is 5.90. The van der Waals surface area contributed by atoms with Gasteiger partial charge in [-0.05, 0) is 50.6 Å². The highest BCUT2D eigenvalue weighted by atomic mass is 16.5. The number of likely N-dealkylation sites (N-methyl/N-ethyl adjacent to an activating group) is 1. The van der Waals surface area contributed by atoms with E-state index in [0.717, 1.165) is 30.1 Å². The Balaban J connectivity index is 1.56. The molecule has 0 N–H and O–H groups in total. The number of aromatic nitrogens is 1. The van der Waals surface area contributed by atoms with Gasteiger partial charge in [0.1, 0.15) is 18.1 Å². The fourth-order valence-electron chi connectivity index (χ4n) is 3.02. The van der Waals surface area contributed by atoms with Gasteiger partial charge >= 0.3 is 0 Å². The molecule has 3 heterocycles. The maximum Gasteiger partial charge on any atom is 0.138 e. The Morgan fingerprint density at radius 2 is 2.17 bits per heavy atom. The Morgan fingerprint density at radius 1 is 1.25 bits per heavy atom. The van der Waals surface area contributed by atoms with Crippen molar-refractivity contribution in [3.8, 4) is 17.1 Å². The van der Waals surface area contributed by atoms with Gasteiger partial charge in [0.05, 0.1) is 12.5 Å². The number of rotatable bonds is 9. The van der Waals surface area contributed by atoms with Gasteiger partial charge in [0.2, 0.25) is 0 Å². The van der Waals surface area contributed by atoms with Crippen LogP contribution in [0.15, 0.2) is 35.2 Å². The fourth-order valence-corrected chi connectivity index (χ4v) is 3.02. The largest absolute Gasteiger partial charge is 0.490 e. The molecule has 1 aliphatic heterocycles. The Kier molecular flexibility index (Phi) is 5.91. The summed E-state index contributed by atoms with van der Waals surface area (Å²) in [6.45, 7) is 4.13.